The Labute approximate surface area is 110 Å². The molecule has 1 fully saturated rings. The third-order valence-corrected chi connectivity index (χ3v) is 2.74. The zero-order valence-electron chi connectivity index (χ0n) is 11.0. The number of carboxylic acid groups (broad SMARTS) is 1. The Morgan fingerprint density at radius 1 is 1.47 bits per heavy atom. The topological polar surface area (TPSA) is 122 Å². The maximum atomic E-state index is 12.1. The third kappa shape index (κ3) is 4.40. The Morgan fingerprint density at radius 2 is 2.11 bits per heavy atom. The molecule has 0 saturated carbocycles. The average Bonchev–Trinajstić information content (AvgIpc) is 2.26. The Morgan fingerprint density at radius 3 is 2.63 bits per heavy atom. The molecule has 0 aromatic rings. The average molecular weight is 273 g/mol. The molecule has 3 amide bonds. The predicted molar refractivity (Wildman–Crippen MR) is 65.4 cm³/mol. The first kappa shape index (κ1) is 15.2. The Bertz CT molecular complexity index is 383. The summed E-state index contributed by atoms with van der Waals surface area (Å²) in [4.78, 5) is 35.2. The molecule has 1 rings (SSSR count). The number of urea groups is 1. The van der Waals surface area contributed by atoms with E-state index in [-0.39, 0.29) is 26.2 Å². The minimum Gasteiger partial charge on any atom is -0.480 e. The minimum atomic E-state index is -1.12. The van der Waals surface area contributed by atoms with Crippen LogP contribution in [-0.4, -0.2) is 59.3 Å². The van der Waals surface area contributed by atoms with E-state index in [4.69, 9.17) is 15.6 Å². The van der Waals surface area contributed by atoms with Crippen LogP contribution in [0.3, 0.4) is 0 Å². The molecule has 1 atom stereocenters. The number of carboxylic acids is 1. The molecule has 4 N–H and O–H groups in total. The zero-order valence-corrected chi connectivity index (χ0v) is 11.0. The first-order valence-electron chi connectivity index (χ1n) is 5.90. The smallest absolute Gasteiger partial charge is 0.328 e. The van der Waals surface area contributed by atoms with E-state index in [0.717, 1.165) is 0 Å². The molecule has 0 spiro atoms. The quantitative estimate of drug-likeness (QED) is 0.615. The van der Waals surface area contributed by atoms with Crippen molar-refractivity contribution in [2.45, 2.75) is 31.8 Å². The molecule has 0 radical (unpaired) electrons. The van der Waals surface area contributed by atoms with Crippen LogP contribution < -0.4 is 11.1 Å². The van der Waals surface area contributed by atoms with Crippen molar-refractivity contribution in [3.05, 3.63) is 0 Å². The molecule has 0 aromatic heterocycles. The fourth-order valence-electron chi connectivity index (χ4n) is 1.89. The highest BCUT2D eigenvalue weighted by Gasteiger charge is 2.35. The van der Waals surface area contributed by atoms with Gasteiger partial charge in [0.1, 0.15) is 0 Å². The number of carbonyl (C=O) groups excluding carboxylic acids is 2. The van der Waals surface area contributed by atoms with Crippen LogP contribution in [-0.2, 0) is 14.3 Å². The van der Waals surface area contributed by atoms with Gasteiger partial charge in [-0.15, -0.1) is 0 Å². The van der Waals surface area contributed by atoms with Gasteiger partial charge in [0.05, 0.1) is 13.2 Å². The van der Waals surface area contributed by atoms with Gasteiger partial charge in [0.15, 0.2) is 6.04 Å². The van der Waals surface area contributed by atoms with Gasteiger partial charge in [-0.25, -0.2) is 9.59 Å². The largest absolute Gasteiger partial charge is 0.480 e. The summed E-state index contributed by atoms with van der Waals surface area (Å²) in [6.07, 6.45) is -0.0270. The Hall–Kier alpha value is -1.83. The van der Waals surface area contributed by atoms with Gasteiger partial charge in [0.2, 0.25) is 5.91 Å². The summed E-state index contributed by atoms with van der Waals surface area (Å²) in [7, 11) is 0. The molecule has 19 heavy (non-hydrogen) atoms. The number of amides is 3. The van der Waals surface area contributed by atoms with Crippen molar-refractivity contribution in [1.82, 2.24) is 10.2 Å². The van der Waals surface area contributed by atoms with E-state index in [9.17, 15) is 14.4 Å². The summed E-state index contributed by atoms with van der Waals surface area (Å²) >= 11 is 0. The fourth-order valence-corrected chi connectivity index (χ4v) is 1.89. The number of nitrogens with zero attached hydrogens (tertiary/aromatic N) is 1. The highest BCUT2D eigenvalue weighted by atomic mass is 16.5. The Kier molecular flexibility index (Phi) is 4.71. The number of ether oxygens (including phenoxy) is 1. The third-order valence-electron chi connectivity index (χ3n) is 2.74. The summed E-state index contributed by atoms with van der Waals surface area (Å²) in [5.41, 5.74) is 4.26. The van der Waals surface area contributed by atoms with Crippen molar-refractivity contribution in [2.24, 2.45) is 5.73 Å². The number of carbonyl (C=O) groups is 3. The molecule has 1 saturated heterocycles. The van der Waals surface area contributed by atoms with Crippen LogP contribution in [0.2, 0.25) is 0 Å². The maximum Gasteiger partial charge on any atom is 0.328 e. The summed E-state index contributed by atoms with van der Waals surface area (Å²) in [6.45, 7) is 3.72. The normalized spacial score (nSPS) is 19.9. The van der Waals surface area contributed by atoms with Crippen molar-refractivity contribution < 1.29 is 24.2 Å². The number of hydrogen-bond donors (Lipinski definition) is 3. The highest BCUT2D eigenvalue weighted by molar-refractivity contribution is 5.84. The van der Waals surface area contributed by atoms with E-state index in [1.54, 1.807) is 13.8 Å². The number of aliphatic carboxylic acids is 1. The van der Waals surface area contributed by atoms with Gasteiger partial charge in [-0.3, -0.25) is 4.79 Å². The van der Waals surface area contributed by atoms with Gasteiger partial charge in [-0.1, -0.05) is 0 Å². The predicted octanol–water partition coefficient (Wildman–Crippen LogP) is -0.865. The number of morpholine rings is 1. The van der Waals surface area contributed by atoms with Crippen molar-refractivity contribution in [3.8, 4) is 0 Å². The van der Waals surface area contributed by atoms with Gasteiger partial charge >= 0.3 is 12.0 Å². The number of rotatable bonds is 4. The molecule has 1 heterocycles. The van der Waals surface area contributed by atoms with Crippen LogP contribution in [0.5, 0.6) is 0 Å². The zero-order chi connectivity index (χ0) is 14.6. The van der Waals surface area contributed by atoms with Crippen LogP contribution in [0.25, 0.3) is 0 Å². The van der Waals surface area contributed by atoms with Gasteiger partial charge in [0.25, 0.3) is 0 Å². The summed E-state index contributed by atoms with van der Waals surface area (Å²) < 4.78 is 5.04. The molecular weight excluding hydrogens is 254 g/mol. The molecule has 0 aliphatic carbocycles. The van der Waals surface area contributed by atoms with E-state index in [1.165, 1.54) is 4.90 Å². The number of nitrogens with two attached hydrogens (primary N) is 1. The second-order valence-corrected chi connectivity index (χ2v) is 5.08. The van der Waals surface area contributed by atoms with Crippen LogP contribution in [0.15, 0.2) is 0 Å². The lowest BCUT2D eigenvalue weighted by Gasteiger charge is -2.35. The molecule has 1 unspecified atom stereocenters. The first-order chi connectivity index (χ1) is 8.73. The molecule has 0 bridgehead atoms. The molecule has 1 aliphatic rings. The van der Waals surface area contributed by atoms with Crippen LogP contribution in [0, 0.1) is 0 Å². The minimum absolute atomic E-state index is 0.0270. The molecular formula is C11H19N3O5. The van der Waals surface area contributed by atoms with E-state index >= 15 is 0 Å². The van der Waals surface area contributed by atoms with Crippen molar-refractivity contribution >= 4 is 17.9 Å². The lowest BCUT2D eigenvalue weighted by atomic mass is 10.0. The highest BCUT2D eigenvalue weighted by Crippen LogP contribution is 2.12. The lowest BCUT2D eigenvalue weighted by molar-refractivity contribution is -0.147. The summed E-state index contributed by atoms with van der Waals surface area (Å²) in [6, 6.07) is -1.56. The van der Waals surface area contributed by atoms with E-state index in [0.29, 0.717) is 0 Å². The standard InChI is InChI=1S/C11H19N3O5/c1-11(2,5-8(12)15)13-10(18)14-3-4-19-6-7(14)9(16)17/h7H,3-6H2,1-2H3,(H2,12,15)(H,13,18)(H,16,17). The van der Waals surface area contributed by atoms with Crippen molar-refractivity contribution in [3.63, 3.8) is 0 Å². The molecule has 108 valence electrons. The monoisotopic (exact) mass is 273 g/mol. The van der Waals surface area contributed by atoms with E-state index in [2.05, 4.69) is 5.32 Å². The maximum absolute atomic E-state index is 12.1. The molecule has 0 aromatic carbocycles. The lowest BCUT2D eigenvalue weighted by Crippen LogP contribution is -2.59. The molecule has 1 aliphatic heterocycles. The van der Waals surface area contributed by atoms with Crippen LogP contribution in [0.1, 0.15) is 20.3 Å². The van der Waals surface area contributed by atoms with E-state index in [1.807, 2.05) is 0 Å². The van der Waals surface area contributed by atoms with Crippen molar-refractivity contribution in [1.29, 1.82) is 0 Å². The number of primary amides is 1. The second kappa shape index (κ2) is 5.87. The van der Waals surface area contributed by atoms with Gasteiger partial charge in [-0.05, 0) is 13.8 Å². The fraction of sp³-hybridized carbons (Fsp3) is 0.727. The molecule has 8 heteroatoms. The van der Waals surface area contributed by atoms with Gasteiger partial charge in [-0.2, -0.15) is 0 Å². The number of hydrogen-bond acceptors (Lipinski definition) is 4. The molecule has 8 nitrogen and oxygen atoms in total. The second-order valence-electron chi connectivity index (χ2n) is 5.08. The summed E-state index contributed by atoms with van der Waals surface area (Å²) in [5.74, 6) is -1.66. The van der Waals surface area contributed by atoms with Crippen molar-refractivity contribution in [2.75, 3.05) is 19.8 Å². The first-order valence-corrected chi connectivity index (χ1v) is 5.90. The summed E-state index contributed by atoms with van der Waals surface area (Å²) in [5, 5.41) is 11.6. The van der Waals surface area contributed by atoms with Gasteiger partial charge < -0.3 is 25.8 Å². The van der Waals surface area contributed by atoms with Gasteiger partial charge in [0, 0.05) is 18.5 Å². The Balaban J connectivity index is 2.70. The van der Waals surface area contributed by atoms with Crippen LogP contribution in [0.4, 0.5) is 4.79 Å². The number of nitrogens with one attached hydrogen (secondary N) is 1. The SMILES string of the molecule is CC(C)(CC(N)=O)NC(=O)N1CCOCC1C(=O)O. The van der Waals surface area contributed by atoms with E-state index < -0.39 is 29.5 Å². The van der Waals surface area contributed by atoms with Crippen LogP contribution >= 0.6 is 0 Å².